The highest BCUT2D eigenvalue weighted by atomic mass is 79.9. The van der Waals surface area contributed by atoms with Gasteiger partial charge in [-0.1, -0.05) is 60.2 Å². The first-order valence-electron chi connectivity index (χ1n) is 9.51. The number of fused-ring (bicyclic) bond motifs is 1. The molecule has 0 N–H and O–H groups in total. The summed E-state index contributed by atoms with van der Waals surface area (Å²) in [6, 6.07) is 11.9. The van der Waals surface area contributed by atoms with E-state index in [1.807, 2.05) is 24.4 Å². The fourth-order valence-corrected chi connectivity index (χ4v) is 4.46. The Morgan fingerprint density at radius 3 is 2.78 bits per heavy atom. The largest absolute Gasteiger partial charge is 0.465 e. The Balaban J connectivity index is 1.84. The molecule has 0 bridgehead atoms. The van der Waals surface area contributed by atoms with Gasteiger partial charge in [0.05, 0.1) is 24.1 Å². The van der Waals surface area contributed by atoms with E-state index in [1.165, 1.54) is 44.9 Å². The standard InChI is InChI=1S/C22H23BrN2O2/c1-27-22(26)17-10-11-20-24-21(16-8-5-9-18(23)13-16)19(25(20)14-17)12-15-6-3-2-4-7-15/h5,8-11,13-15H,2-4,6-7,12H2,1H3. The van der Waals surface area contributed by atoms with Crippen molar-refractivity contribution >= 4 is 27.5 Å². The third kappa shape index (κ3) is 3.79. The number of ether oxygens (including phenoxy) is 1. The molecule has 0 atom stereocenters. The minimum atomic E-state index is -0.321. The minimum absolute atomic E-state index is 0.321. The van der Waals surface area contributed by atoms with Crippen molar-refractivity contribution in [3.05, 3.63) is 58.3 Å². The Hall–Kier alpha value is -2.14. The molecule has 1 aromatic carbocycles. The van der Waals surface area contributed by atoms with Crippen LogP contribution in [0.4, 0.5) is 0 Å². The van der Waals surface area contributed by atoms with Gasteiger partial charge in [0.2, 0.25) is 0 Å². The Kier molecular flexibility index (Phi) is 5.30. The third-order valence-corrected chi connectivity index (χ3v) is 5.94. The maximum Gasteiger partial charge on any atom is 0.339 e. The van der Waals surface area contributed by atoms with Crippen molar-refractivity contribution < 1.29 is 9.53 Å². The molecule has 5 heteroatoms. The van der Waals surface area contributed by atoms with Gasteiger partial charge in [-0.05, 0) is 36.6 Å². The lowest BCUT2D eigenvalue weighted by Crippen LogP contribution is -2.12. The second-order valence-electron chi connectivity index (χ2n) is 7.26. The number of esters is 1. The number of hydrogen-bond donors (Lipinski definition) is 0. The van der Waals surface area contributed by atoms with Crippen LogP contribution < -0.4 is 0 Å². The van der Waals surface area contributed by atoms with Crippen LogP contribution in [0.3, 0.4) is 0 Å². The summed E-state index contributed by atoms with van der Waals surface area (Å²) < 4.78 is 8.02. The summed E-state index contributed by atoms with van der Waals surface area (Å²) in [5.74, 6) is 0.351. The summed E-state index contributed by atoms with van der Waals surface area (Å²) >= 11 is 3.57. The maximum absolute atomic E-state index is 12.0. The van der Waals surface area contributed by atoms with E-state index in [0.29, 0.717) is 11.5 Å². The maximum atomic E-state index is 12.0. The van der Waals surface area contributed by atoms with Gasteiger partial charge in [0.15, 0.2) is 0 Å². The van der Waals surface area contributed by atoms with Gasteiger partial charge in [-0.15, -0.1) is 0 Å². The van der Waals surface area contributed by atoms with Crippen molar-refractivity contribution in [2.75, 3.05) is 7.11 Å². The average Bonchev–Trinajstić information content (AvgIpc) is 3.06. The molecule has 2 aromatic heterocycles. The van der Waals surface area contributed by atoms with Crippen LogP contribution in [-0.2, 0) is 11.2 Å². The summed E-state index contributed by atoms with van der Waals surface area (Å²) in [6.45, 7) is 0. The van der Waals surface area contributed by atoms with Gasteiger partial charge in [-0.2, -0.15) is 0 Å². The molecule has 27 heavy (non-hydrogen) atoms. The van der Waals surface area contributed by atoms with Gasteiger partial charge < -0.3 is 9.14 Å². The van der Waals surface area contributed by atoms with Crippen molar-refractivity contribution in [1.29, 1.82) is 0 Å². The summed E-state index contributed by atoms with van der Waals surface area (Å²) in [7, 11) is 1.41. The lowest BCUT2D eigenvalue weighted by Gasteiger charge is -2.22. The Morgan fingerprint density at radius 2 is 2.04 bits per heavy atom. The summed E-state index contributed by atoms with van der Waals surface area (Å²) in [6.07, 6.45) is 9.34. The molecule has 1 fully saturated rings. The van der Waals surface area contributed by atoms with E-state index >= 15 is 0 Å². The lowest BCUT2D eigenvalue weighted by atomic mass is 9.85. The molecule has 4 rings (SSSR count). The van der Waals surface area contributed by atoms with Crippen LogP contribution >= 0.6 is 15.9 Å². The van der Waals surface area contributed by atoms with Crippen LogP contribution in [0.15, 0.2) is 47.1 Å². The van der Waals surface area contributed by atoms with Gasteiger partial charge >= 0.3 is 5.97 Å². The molecule has 0 aliphatic heterocycles. The van der Waals surface area contributed by atoms with E-state index in [4.69, 9.17) is 9.72 Å². The first kappa shape index (κ1) is 18.2. The van der Waals surface area contributed by atoms with Crippen molar-refractivity contribution in [3.63, 3.8) is 0 Å². The Morgan fingerprint density at radius 1 is 1.22 bits per heavy atom. The monoisotopic (exact) mass is 426 g/mol. The predicted molar refractivity (Wildman–Crippen MR) is 110 cm³/mol. The number of pyridine rings is 1. The predicted octanol–water partition coefficient (Wildman–Crippen LogP) is 5.67. The summed E-state index contributed by atoms with van der Waals surface area (Å²) in [4.78, 5) is 16.9. The quantitative estimate of drug-likeness (QED) is 0.504. The zero-order valence-corrected chi connectivity index (χ0v) is 17.0. The smallest absolute Gasteiger partial charge is 0.339 e. The molecule has 0 saturated heterocycles. The van der Waals surface area contributed by atoms with E-state index in [0.717, 1.165) is 27.8 Å². The van der Waals surface area contributed by atoms with E-state index in [9.17, 15) is 4.79 Å². The van der Waals surface area contributed by atoms with E-state index in [-0.39, 0.29) is 5.97 Å². The topological polar surface area (TPSA) is 43.6 Å². The zero-order chi connectivity index (χ0) is 18.8. The van der Waals surface area contributed by atoms with Crippen molar-refractivity contribution in [2.24, 2.45) is 5.92 Å². The number of rotatable bonds is 4. The Labute approximate surface area is 167 Å². The lowest BCUT2D eigenvalue weighted by molar-refractivity contribution is 0.0600. The molecule has 0 radical (unpaired) electrons. The van der Waals surface area contributed by atoms with Crippen LogP contribution in [-0.4, -0.2) is 22.5 Å². The van der Waals surface area contributed by atoms with Crippen LogP contribution in [0.5, 0.6) is 0 Å². The van der Waals surface area contributed by atoms with Gasteiger partial charge in [0.1, 0.15) is 5.65 Å². The average molecular weight is 427 g/mol. The molecule has 0 amide bonds. The van der Waals surface area contributed by atoms with Gasteiger partial charge in [-0.25, -0.2) is 9.78 Å². The van der Waals surface area contributed by atoms with Gasteiger partial charge in [-0.3, -0.25) is 0 Å². The molecule has 3 aromatic rings. The fourth-order valence-electron chi connectivity index (χ4n) is 4.06. The molecule has 0 spiro atoms. The van der Waals surface area contributed by atoms with Crippen LogP contribution in [0.1, 0.15) is 48.2 Å². The Bertz CT molecular complexity index is 974. The molecule has 1 aliphatic rings. The second-order valence-corrected chi connectivity index (χ2v) is 8.18. The normalized spacial score (nSPS) is 15.2. The van der Waals surface area contributed by atoms with Gasteiger partial charge in [0.25, 0.3) is 0 Å². The number of carbonyl (C=O) groups excluding carboxylic acids is 1. The van der Waals surface area contributed by atoms with E-state index in [1.54, 1.807) is 6.07 Å². The molecular weight excluding hydrogens is 404 g/mol. The minimum Gasteiger partial charge on any atom is -0.465 e. The summed E-state index contributed by atoms with van der Waals surface area (Å²) in [5.41, 5.74) is 4.69. The van der Waals surface area contributed by atoms with E-state index < -0.39 is 0 Å². The zero-order valence-electron chi connectivity index (χ0n) is 15.5. The molecule has 2 heterocycles. The number of aromatic nitrogens is 2. The molecule has 1 saturated carbocycles. The van der Waals surface area contributed by atoms with Crippen LogP contribution in [0.25, 0.3) is 16.9 Å². The molecule has 140 valence electrons. The van der Waals surface area contributed by atoms with Crippen molar-refractivity contribution in [1.82, 2.24) is 9.38 Å². The van der Waals surface area contributed by atoms with Crippen LogP contribution in [0, 0.1) is 5.92 Å². The molecule has 0 unspecified atom stereocenters. The highest BCUT2D eigenvalue weighted by molar-refractivity contribution is 9.10. The first-order valence-corrected chi connectivity index (χ1v) is 10.3. The first-order chi connectivity index (χ1) is 13.2. The number of methoxy groups -OCH3 is 1. The van der Waals surface area contributed by atoms with Crippen molar-refractivity contribution in [2.45, 2.75) is 38.5 Å². The van der Waals surface area contributed by atoms with Gasteiger partial charge in [0, 0.05) is 16.2 Å². The van der Waals surface area contributed by atoms with Crippen molar-refractivity contribution in [3.8, 4) is 11.3 Å². The van der Waals surface area contributed by atoms with E-state index in [2.05, 4.69) is 32.5 Å². The SMILES string of the molecule is COC(=O)c1ccc2nc(-c3cccc(Br)c3)c(CC3CCCCC3)n2c1. The number of imidazole rings is 1. The second kappa shape index (κ2) is 7.85. The highest BCUT2D eigenvalue weighted by Crippen LogP contribution is 2.33. The highest BCUT2D eigenvalue weighted by Gasteiger charge is 2.21. The summed E-state index contributed by atoms with van der Waals surface area (Å²) in [5, 5.41) is 0. The molecular formula is C22H23BrN2O2. The number of nitrogens with zero attached hydrogens (tertiary/aromatic N) is 2. The molecule has 4 nitrogen and oxygen atoms in total. The molecule has 1 aliphatic carbocycles. The number of halogens is 1. The third-order valence-electron chi connectivity index (χ3n) is 5.44. The number of hydrogen-bond acceptors (Lipinski definition) is 3. The fraction of sp³-hybridized carbons (Fsp3) is 0.364. The van der Waals surface area contributed by atoms with Crippen LogP contribution in [0.2, 0.25) is 0 Å². The number of carbonyl (C=O) groups is 1. The number of benzene rings is 1.